The number of aryl methyl sites for hydroxylation is 1. The second-order valence-electron chi connectivity index (χ2n) is 3.75. The average molecular weight is 204 g/mol. The molecule has 0 heterocycles. The van der Waals surface area contributed by atoms with E-state index < -0.39 is 5.97 Å². The Kier molecular flexibility index (Phi) is 4.10. The van der Waals surface area contributed by atoms with Crippen molar-refractivity contribution in [3.63, 3.8) is 0 Å². The van der Waals surface area contributed by atoms with Crippen LogP contribution in [-0.4, -0.2) is 11.1 Å². The molecule has 1 unspecified atom stereocenters. The Labute approximate surface area is 90.3 Å². The molecule has 1 aromatic carbocycles. The molecule has 1 N–H and O–H groups in total. The summed E-state index contributed by atoms with van der Waals surface area (Å²) in [5.74, 6) is -1.11. The van der Waals surface area contributed by atoms with Gasteiger partial charge in [-0.25, -0.2) is 0 Å². The lowest BCUT2D eigenvalue weighted by Crippen LogP contribution is -2.15. The van der Waals surface area contributed by atoms with Crippen LogP contribution in [0.5, 0.6) is 0 Å². The molecule has 0 aliphatic carbocycles. The molecule has 15 heavy (non-hydrogen) atoms. The molecule has 1 aromatic rings. The molecule has 2 heteroatoms. The van der Waals surface area contributed by atoms with Gasteiger partial charge < -0.3 is 5.11 Å². The molecular formula is C13H16O2. The van der Waals surface area contributed by atoms with E-state index in [1.807, 2.05) is 31.2 Å². The summed E-state index contributed by atoms with van der Waals surface area (Å²) >= 11 is 0. The van der Waals surface area contributed by atoms with Crippen LogP contribution in [0.15, 0.2) is 36.9 Å². The van der Waals surface area contributed by atoms with Crippen LogP contribution < -0.4 is 0 Å². The van der Waals surface area contributed by atoms with E-state index in [4.69, 9.17) is 5.11 Å². The molecule has 1 atom stereocenters. The van der Waals surface area contributed by atoms with Crippen LogP contribution in [-0.2, 0) is 11.2 Å². The first-order chi connectivity index (χ1) is 7.13. The smallest absolute Gasteiger partial charge is 0.307 e. The van der Waals surface area contributed by atoms with Crippen LogP contribution in [0.2, 0.25) is 0 Å². The summed E-state index contributed by atoms with van der Waals surface area (Å²) in [6.07, 6.45) is 2.75. The van der Waals surface area contributed by atoms with Crippen LogP contribution in [0.1, 0.15) is 17.5 Å². The average Bonchev–Trinajstić information content (AvgIpc) is 2.20. The summed E-state index contributed by atoms with van der Waals surface area (Å²) in [6.45, 7) is 5.59. The van der Waals surface area contributed by atoms with E-state index in [1.165, 1.54) is 5.56 Å². The number of carboxylic acid groups (broad SMARTS) is 1. The predicted molar refractivity (Wildman–Crippen MR) is 60.8 cm³/mol. The maximum absolute atomic E-state index is 10.9. The quantitative estimate of drug-likeness (QED) is 0.749. The van der Waals surface area contributed by atoms with Gasteiger partial charge in [0, 0.05) is 0 Å². The molecule has 2 nitrogen and oxygen atoms in total. The Hall–Kier alpha value is -1.57. The maximum atomic E-state index is 10.9. The molecule has 0 saturated carbocycles. The van der Waals surface area contributed by atoms with E-state index in [0.29, 0.717) is 12.8 Å². The first-order valence-corrected chi connectivity index (χ1v) is 5.02. The van der Waals surface area contributed by atoms with E-state index >= 15 is 0 Å². The van der Waals surface area contributed by atoms with Gasteiger partial charge in [-0.15, -0.1) is 6.58 Å². The summed E-state index contributed by atoms with van der Waals surface area (Å²) in [4.78, 5) is 10.9. The van der Waals surface area contributed by atoms with Crippen molar-refractivity contribution in [1.82, 2.24) is 0 Å². The highest BCUT2D eigenvalue weighted by atomic mass is 16.4. The van der Waals surface area contributed by atoms with Crippen molar-refractivity contribution in [2.24, 2.45) is 5.92 Å². The molecule has 0 aromatic heterocycles. The molecule has 0 saturated heterocycles. The second kappa shape index (κ2) is 5.35. The Morgan fingerprint density at radius 1 is 1.47 bits per heavy atom. The number of aliphatic carboxylic acids is 1. The lowest BCUT2D eigenvalue weighted by atomic mass is 9.96. The van der Waals surface area contributed by atoms with Crippen molar-refractivity contribution >= 4 is 5.97 Å². The lowest BCUT2D eigenvalue weighted by molar-refractivity contribution is -0.141. The van der Waals surface area contributed by atoms with Gasteiger partial charge >= 0.3 is 5.97 Å². The van der Waals surface area contributed by atoms with Gasteiger partial charge in [-0.2, -0.15) is 0 Å². The minimum absolute atomic E-state index is 0.356. The SMILES string of the molecule is C=CCC(Cc1ccc(C)cc1)C(=O)O. The molecule has 0 radical (unpaired) electrons. The molecule has 80 valence electrons. The largest absolute Gasteiger partial charge is 0.481 e. The number of hydrogen-bond acceptors (Lipinski definition) is 1. The Morgan fingerprint density at radius 2 is 2.07 bits per heavy atom. The minimum atomic E-state index is -0.754. The normalized spacial score (nSPS) is 12.1. The summed E-state index contributed by atoms with van der Waals surface area (Å²) in [7, 11) is 0. The third kappa shape index (κ3) is 3.58. The van der Waals surface area contributed by atoms with Crippen LogP contribution in [0, 0.1) is 12.8 Å². The monoisotopic (exact) mass is 204 g/mol. The zero-order valence-corrected chi connectivity index (χ0v) is 8.94. The molecular weight excluding hydrogens is 188 g/mol. The molecule has 0 fully saturated rings. The van der Waals surface area contributed by atoms with E-state index in [1.54, 1.807) is 6.08 Å². The zero-order chi connectivity index (χ0) is 11.3. The van der Waals surface area contributed by atoms with E-state index in [9.17, 15) is 4.79 Å². The second-order valence-corrected chi connectivity index (χ2v) is 3.75. The fourth-order valence-corrected chi connectivity index (χ4v) is 1.48. The molecule has 0 bridgehead atoms. The Bertz CT molecular complexity index is 338. The van der Waals surface area contributed by atoms with Gasteiger partial charge in [0.05, 0.1) is 5.92 Å². The lowest BCUT2D eigenvalue weighted by Gasteiger charge is -2.09. The van der Waals surface area contributed by atoms with Gasteiger partial charge in [-0.1, -0.05) is 35.9 Å². The summed E-state index contributed by atoms with van der Waals surface area (Å²) < 4.78 is 0. The fraction of sp³-hybridized carbons (Fsp3) is 0.308. The minimum Gasteiger partial charge on any atom is -0.481 e. The molecule has 0 amide bonds. The highest BCUT2D eigenvalue weighted by Crippen LogP contribution is 2.13. The van der Waals surface area contributed by atoms with Crippen molar-refractivity contribution in [2.45, 2.75) is 19.8 Å². The topological polar surface area (TPSA) is 37.3 Å². The number of benzene rings is 1. The summed E-state index contributed by atoms with van der Waals surface area (Å²) in [5.41, 5.74) is 2.25. The number of hydrogen-bond donors (Lipinski definition) is 1. The van der Waals surface area contributed by atoms with Crippen LogP contribution in [0.3, 0.4) is 0 Å². The summed E-state index contributed by atoms with van der Waals surface area (Å²) in [5, 5.41) is 8.97. The van der Waals surface area contributed by atoms with Gasteiger partial charge in [0.1, 0.15) is 0 Å². The van der Waals surface area contributed by atoms with Gasteiger partial charge in [0.15, 0.2) is 0 Å². The van der Waals surface area contributed by atoms with E-state index in [0.717, 1.165) is 5.56 Å². The van der Waals surface area contributed by atoms with Crippen molar-refractivity contribution < 1.29 is 9.90 Å². The van der Waals surface area contributed by atoms with Gasteiger partial charge in [0.2, 0.25) is 0 Å². The first kappa shape index (κ1) is 11.5. The first-order valence-electron chi connectivity index (χ1n) is 5.02. The number of carboxylic acids is 1. The van der Waals surface area contributed by atoms with E-state index in [-0.39, 0.29) is 5.92 Å². The number of allylic oxidation sites excluding steroid dienone is 1. The Morgan fingerprint density at radius 3 is 2.53 bits per heavy atom. The standard InChI is InChI=1S/C13H16O2/c1-3-4-12(13(14)15)9-11-7-5-10(2)6-8-11/h3,5-8,12H,1,4,9H2,2H3,(H,14,15). The third-order valence-electron chi connectivity index (χ3n) is 2.40. The Balaban J connectivity index is 2.69. The maximum Gasteiger partial charge on any atom is 0.307 e. The van der Waals surface area contributed by atoms with Gasteiger partial charge in [-0.3, -0.25) is 4.79 Å². The van der Waals surface area contributed by atoms with Crippen molar-refractivity contribution in [3.05, 3.63) is 48.0 Å². The number of carbonyl (C=O) groups is 1. The molecule has 0 aliphatic rings. The van der Waals surface area contributed by atoms with Crippen molar-refractivity contribution in [2.75, 3.05) is 0 Å². The van der Waals surface area contributed by atoms with Crippen LogP contribution in [0.4, 0.5) is 0 Å². The highest BCUT2D eigenvalue weighted by molar-refractivity contribution is 5.70. The van der Waals surface area contributed by atoms with Crippen LogP contribution >= 0.6 is 0 Å². The zero-order valence-electron chi connectivity index (χ0n) is 8.94. The van der Waals surface area contributed by atoms with E-state index in [2.05, 4.69) is 6.58 Å². The van der Waals surface area contributed by atoms with Gasteiger partial charge in [-0.05, 0) is 25.3 Å². The fourth-order valence-electron chi connectivity index (χ4n) is 1.48. The van der Waals surface area contributed by atoms with Crippen LogP contribution in [0.25, 0.3) is 0 Å². The van der Waals surface area contributed by atoms with Gasteiger partial charge in [0.25, 0.3) is 0 Å². The summed E-state index contributed by atoms with van der Waals surface area (Å²) in [6, 6.07) is 7.97. The van der Waals surface area contributed by atoms with Crippen molar-refractivity contribution in [1.29, 1.82) is 0 Å². The molecule has 0 aliphatic heterocycles. The third-order valence-corrected chi connectivity index (χ3v) is 2.40. The highest BCUT2D eigenvalue weighted by Gasteiger charge is 2.15. The van der Waals surface area contributed by atoms with Crippen molar-refractivity contribution in [3.8, 4) is 0 Å². The number of rotatable bonds is 5. The molecule has 1 rings (SSSR count). The molecule has 0 spiro atoms. The predicted octanol–water partition coefficient (Wildman–Crippen LogP) is 2.81.